The van der Waals surface area contributed by atoms with E-state index in [1.165, 1.54) is 25.7 Å². The van der Waals surface area contributed by atoms with E-state index in [0.717, 1.165) is 24.6 Å². The smallest absolute Gasteiger partial charge is 0.255 e. The van der Waals surface area contributed by atoms with Crippen LogP contribution in [0.25, 0.3) is 0 Å². The molecule has 28 heavy (non-hydrogen) atoms. The zero-order valence-electron chi connectivity index (χ0n) is 16.5. The number of aryl methyl sites for hydroxylation is 1. The fourth-order valence-corrected chi connectivity index (χ4v) is 4.05. The maximum Gasteiger partial charge on any atom is 0.255 e. The van der Waals surface area contributed by atoms with Crippen LogP contribution in [0.15, 0.2) is 22.9 Å². The first-order chi connectivity index (χ1) is 13.7. The maximum absolute atomic E-state index is 12.6. The Kier molecular flexibility index (Phi) is 6.00. The molecule has 1 atom stereocenters. The van der Waals surface area contributed by atoms with Gasteiger partial charge >= 0.3 is 0 Å². The van der Waals surface area contributed by atoms with Crippen LogP contribution in [0, 0.1) is 12.8 Å². The fraction of sp³-hybridized carbons (Fsp3) is 0.619. The number of amides is 1. The summed E-state index contributed by atoms with van der Waals surface area (Å²) < 4.78 is 11.2. The predicted molar refractivity (Wildman–Crippen MR) is 103 cm³/mol. The Balaban J connectivity index is 1.25. The Hall–Kier alpha value is -2.28. The molecule has 2 aliphatic rings. The Morgan fingerprint density at radius 2 is 2.14 bits per heavy atom. The summed E-state index contributed by atoms with van der Waals surface area (Å²) in [5, 5.41) is 4.09. The molecule has 2 aromatic rings. The van der Waals surface area contributed by atoms with E-state index in [2.05, 4.69) is 15.1 Å². The summed E-state index contributed by atoms with van der Waals surface area (Å²) in [7, 11) is 0. The number of pyridine rings is 1. The Labute approximate surface area is 165 Å². The first-order valence-corrected chi connectivity index (χ1v) is 10.3. The van der Waals surface area contributed by atoms with Crippen LogP contribution in [0.5, 0.6) is 0 Å². The van der Waals surface area contributed by atoms with Gasteiger partial charge in [-0.3, -0.25) is 9.78 Å². The molecular formula is C21H28N4O3. The van der Waals surface area contributed by atoms with E-state index >= 15 is 0 Å². The van der Waals surface area contributed by atoms with Crippen molar-refractivity contribution in [2.45, 2.75) is 51.4 Å². The Morgan fingerprint density at radius 1 is 1.29 bits per heavy atom. The van der Waals surface area contributed by atoms with E-state index in [1.54, 1.807) is 6.20 Å². The molecule has 1 saturated carbocycles. The van der Waals surface area contributed by atoms with Crippen molar-refractivity contribution in [1.82, 2.24) is 20.0 Å². The molecule has 7 heteroatoms. The molecule has 0 aromatic carbocycles. The average Bonchev–Trinajstić information content (AvgIpc) is 3.47. The third kappa shape index (κ3) is 4.58. The lowest BCUT2D eigenvalue weighted by molar-refractivity contribution is 0.0789. The van der Waals surface area contributed by atoms with Gasteiger partial charge in [-0.1, -0.05) is 18.0 Å². The standard InChI is InChI=1S/C21H28N4O3/c1-15-6-7-17(12-22-15)21(26)25-10-8-18(13-25)20-23-19(24-28-20)9-11-27-14-16-4-2-3-5-16/h6-7,12,16,18H,2-5,8-11,13-14H2,1H3. The lowest BCUT2D eigenvalue weighted by atomic mass is 10.1. The highest BCUT2D eigenvalue weighted by atomic mass is 16.5. The molecular weight excluding hydrogens is 356 g/mol. The zero-order chi connectivity index (χ0) is 19.3. The molecule has 0 radical (unpaired) electrons. The molecule has 2 aromatic heterocycles. The molecule has 1 aliphatic carbocycles. The highest BCUT2D eigenvalue weighted by Gasteiger charge is 2.31. The summed E-state index contributed by atoms with van der Waals surface area (Å²) >= 11 is 0. The quantitative estimate of drug-likeness (QED) is 0.682. The van der Waals surface area contributed by atoms with E-state index in [1.807, 2.05) is 24.0 Å². The van der Waals surface area contributed by atoms with Gasteiger partial charge in [0.05, 0.1) is 18.1 Å². The molecule has 2 fully saturated rings. The number of nitrogens with zero attached hydrogens (tertiary/aromatic N) is 4. The molecule has 0 bridgehead atoms. The van der Waals surface area contributed by atoms with Crippen LogP contribution in [0.1, 0.15) is 65.8 Å². The summed E-state index contributed by atoms with van der Waals surface area (Å²) in [5.41, 5.74) is 1.53. The second-order valence-corrected chi connectivity index (χ2v) is 7.95. The van der Waals surface area contributed by atoms with Gasteiger partial charge < -0.3 is 14.2 Å². The predicted octanol–water partition coefficient (Wildman–Crippen LogP) is 3.15. The Morgan fingerprint density at radius 3 is 2.93 bits per heavy atom. The van der Waals surface area contributed by atoms with Gasteiger partial charge in [-0.2, -0.15) is 4.98 Å². The van der Waals surface area contributed by atoms with E-state index in [9.17, 15) is 4.79 Å². The number of carbonyl (C=O) groups excluding carboxylic acids is 1. The van der Waals surface area contributed by atoms with Gasteiger partial charge in [0.2, 0.25) is 5.89 Å². The van der Waals surface area contributed by atoms with Crippen molar-refractivity contribution in [3.05, 3.63) is 41.3 Å². The topological polar surface area (TPSA) is 81.4 Å². The normalized spacial score (nSPS) is 20.2. The summed E-state index contributed by atoms with van der Waals surface area (Å²) in [6.07, 6.45) is 8.41. The van der Waals surface area contributed by atoms with Crippen LogP contribution in [0.3, 0.4) is 0 Å². The third-order valence-electron chi connectivity index (χ3n) is 5.77. The lowest BCUT2D eigenvalue weighted by Crippen LogP contribution is -2.28. The summed E-state index contributed by atoms with van der Waals surface area (Å²) in [6, 6.07) is 3.69. The number of rotatable bonds is 7. The lowest BCUT2D eigenvalue weighted by Gasteiger charge is -2.15. The fourth-order valence-electron chi connectivity index (χ4n) is 4.05. The van der Waals surface area contributed by atoms with Gasteiger partial charge in [0, 0.05) is 38.0 Å². The van der Waals surface area contributed by atoms with Crippen molar-refractivity contribution >= 4 is 5.91 Å². The first-order valence-electron chi connectivity index (χ1n) is 10.3. The Bertz CT molecular complexity index is 783. The van der Waals surface area contributed by atoms with Gasteiger partial charge in [-0.25, -0.2) is 0 Å². The largest absolute Gasteiger partial charge is 0.381 e. The van der Waals surface area contributed by atoms with Crippen LogP contribution >= 0.6 is 0 Å². The first kappa shape index (κ1) is 19.1. The minimum Gasteiger partial charge on any atom is -0.381 e. The number of likely N-dealkylation sites (tertiary alicyclic amines) is 1. The van der Waals surface area contributed by atoms with Gasteiger partial charge in [-0.15, -0.1) is 0 Å². The van der Waals surface area contributed by atoms with Crippen LogP contribution in [0.4, 0.5) is 0 Å². The molecule has 0 spiro atoms. The van der Waals surface area contributed by atoms with Crippen molar-refractivity contribution in [2.24, 2.45) is 5.92 Å². The van der Waals surface area contributed by atoms with Crippen LogP contribution in [-0.2, 0) is 11.2 Å². The second kappa shape index (κ2) is 8.82. The van der Waals surface area contributed by atoms with Crippen LogP contribution < -0.4 is 0 Å². The minimum atomic E-state index is 0.00931. The number of hydrogen-bond donors (Lipinski definition) is 0. The second-order valence-electron chi connectivity index (χ2n) is 7.95. The van der Waals surface area contributed by atoms with Crippen LogP contribution in [0.2, 0.25) is 0 Å². The molecule has 7 nitrogen and oxygen atoms in total. The number of hydrogen-bond acceptors (Lipinski definition) is 6. The monoisotopic (exact) mass is 384 g/mol. The maximum atomic E-state index is 12.6. The molecule has 1 saturated heterocycles. The van der Waals surface area contributed by atoms with Gasteiger partial charge in [-0.05, 0) is 44.2 Å². The number of ether oxygens (including phenoxy) is 1. The van der Waals surface area contributed by atoms with E-state index in [4.69, 9.17) is 9.26 Å². The molecule has 0 N–H and O–H groups in total. The van der Waals surface area contributed by atoms with E-state index in [0.29, 0.717) is 43.4 Å². The SMILES string of the molecule is Cc1ccc(C(=O)N2CCC(c3nc(CCOCC4CCCC4)no3)C2)cn1. The summed E-state index contributed by atoms with van der Waals surface area (Å²) in [5.74, 6) is 2.15. The van der Waals surface area contributed by atoms with Crippen molar-refractivity contribution in [1.29, 1.82) is 0 Å². The van der Waals surface area contributed by atoms with E-state index < -0.39 is 0 Å². The third-order valence-corrected chi connectivity index (χ3v) is 5.77. The summed E-state index contributed by atoms with van der Waals surface area (Å²) in [6.45, 7) is 4.68. The molecule has 4 rings (SSSR count). The van der Waals surface area contributed by atoms with Crippen molar-refractivity contribution in [3.8, 4) is 0 Å². The van der Waals surface area contributed by atoms with Crippen molar-refractivity contribution in [3.63, 3.8) is 0 Å². The van der Waals surface area contributed by atoms with E-state index in [-0.39, 0.29) is 11.8 Å². The molecule has 1 amide bonds. The van der Waals surface area contributed by atoms with Gasteiger partial charge in [0.15, 0.2) is 5.82 Å². The molecule has 1 aliphatic heterocycles. The van der Waals surface area contributed by atoms with Gasteiger partial charge in [0.25, 0.3) is 5.91 Å². The molecule has 150 valence electrons. The minimum absolute atomic E-state index is 0.00931. The molecule has 1 unspecified atom stereocenters. The summed E-state index contributed by atoms with van der Waals surface area (Å²) in [4.78, 5) is 23.2. The van der Waals surface area contributed by atoms with Crippen molar-refractivity contribution in [2.75, 3.05) is 26.3 Å². The number of aromatic nitrogens is 3. The van der Waals surface area contributed by atoms with Crippen molar-refractivity contribution < 1.29 is 14.1 Å². The zero-order valence-corrected chi connectivity index (χ0v) is 16.5. The number of carbonyl (C=O) groups is 1. The van der Waals surface area contributed by atoms with Gasteiger partial charge in [0.1, 0.15) is 0 Å². The average molecular weight is 384 g/mol. The highest BCUT2D eigenvalue weighted by molar-refractivity contribution is 5.94. The van der Waals surface area contributed by atoms with Crippen LogP contribution in [-0.4, -0.2) is 52.2 Å². The highest BCUT2D eigenvalue weighted by Crippen LogP contribution is 2.27. The molecule has 3 heterocycles.